The highest BCUT2D eigenvalue weighted by Crippen LogP contribution is 2.37. The molecule has 2 aromatic heterocycles. The molecule has 280 valence electrons. The van der Waals surface area contributed by atoms with Crippen molar-refractivity contribution in [2.75, 3.05) is 39.1 Å². The van der Waals surface area contributed by atoms with Crippen LogP contribution in [0.15, 0.2) is 64.2 Å². The molecule has 0 spiro atoms. The molecule has 13 nitrogen and oxygen atoms in total. The van der Waals surface area contributed by atoms with E-state index in [4.69, 9.17) is 47.4 Å². The second-order valence-corrected chi connectivity index (χ2v) is 12.9. The topological polar surface area (TPSA) is 226 Å². The van der Waals surface area contributed by atoms with E-state index in [0.29, 0.717) is 70.2 Å². The van der Waals surface area contributed by atoms with Crippen LogP contribution in [0.5, 0.6) is 5.75 Å². The third-order valence-corrected chi connectivity index (χ3v) is 8.83. The lowest BCUT2D eigenvalue weighted by Crippen LogP contribution is -2.14. The number of ether oxygens (including phenoxy) is 3. The average molecular weight is 762 g/mol. The fourth-order valence-corrected chi connectivity index (χ4v) is 5.82. The number of carbonyl (C=O) groups is 2. The van der Waals surface area contributed by atoms with Gasteiger partial charge in [0.15, 0.2) is 0 Å². The average Bonchev–Trinajstić information content (AvgIpc) is 3.65. The van der Waals surface area contributed by atoms with E-state index in [-0.39, 0.29) is 42.1 Å². The molecule has 4 rings (SSSR count). The first kappa shape index (κ1) is 42.3. The van der Waals surface area contributed by atoms with Crippen molar-refractivity contribution in [1.29, 1.82) is 10.5 Å². The Kier molecular flexibility index (Phi) is 18.7. The van der Waals surface area contributed by atoms with Crippen molar-refractivity contribution in [1.82, 2.24) is 9.97 Å². The molecule has 0 saturated heterocycles. The first-order valence-corrected chi connectivity index (χ1v) is 18.4. The van der Waals surface area contributed by atoms with E-state index < -0.39 is 0 Å². The molecule has 0 unspecified atom stereocenters. The maximum Gasteiger partial charge on any atom is 0.305 e. The number of hydrogen-bond acceptors (Lipinski definition) is 14. The Morgan fingerprint density at radius 3 is 1.91 bits per heavy atom. The number of halogens is 1. The third-order valence-electron chi connectivity index (χ3n) is 7.57. The minimum Gasteiger partial charge on any atom is -0.497 e. The first-order chi connectivity index (χ1) is 25.7. The summed E-state index contributed by atoms with van der Waals surface area (Å²) in [6.45, 7) is 1.56. The van der Waals surface area contributed by atoms with E-state index in [2.05, 4.69) is 22.1 Å². The van der Waals surface area contributed by atoms with Crippen LogP contribution in [0, 0.1) is 22.7 Å². The zero-order chi connectivity index (χ0) is 38.4. The number of nitrogens with two attached hydrogens (primary N) is 3. The highest BCUT2D eigenvalue weighted by Gasteiger charge is 2.21. The minimum atomic E-state index is -0.249. The number of benzene rings is 2. The third kappa shape index (κ3) is 14.1. The van der Waals surface area contributed by atoms with Crippen molar-refractivity contribution in [2.24, 2.45) is 11.5 Å². The minimum absolute atomic E-state index is 0.0619. The smallest absolute Gasteiger partial charge is 0.305 e. The van der Waals surface area contributed by atoms with Crippen molar-refractivity contribution in [3.05, 3.63) is 76.6 Å². The number of esters is 2. The highest BCUT2D eigenvalue weighted by molar-refractivity contribution is 7.98. The van der Waals surface area contributed by atoms with Crippen LogP contribution < -0.4 is 21.9 Å². The number of nitrogens with zero attached hydrogens (tertiary/aromatic N) is 4. The predicted octanol–water partition coefficient (Wildman–Crippen LogP) is 6.79. The molecule has 0 radical (unpaired) electrons. The van der Waals surface area contributed by atoms with Gasteiger partial charge in [-0.25, -0.2) is 9.97 Å². The second-order valence-electron chi connectivity index (χ2n) is 11.5. The Morgan fingerprint density at radius 1 is 0.811 bits per heavy atom. The molecule has 2 heterocycles. The van der Waals surface area contributed by atoms with Crippen LogP contribution >= 0.6 is 23.4 Å². The van der Waals surface area contributed by atoms with Crippen molar-refractivity contribution in [2.45, 2.75) is 62.1 Å². The van der Waals surface area contributed by atoms with Crippen molar-refractivity contribution in [3.8, 4) is 40.5 Å². The van der Waals surface area contributed by atoms with Gasteiger partial charge in [0.2, 0.25) is 5.89 Å². The zero-order valence-electron chi connectivity index (χ0n) is 29.6. The number of oxazole rings is 1. The summed E-state index contributed by atoms with van der Waals surface area (Å²) in [5.41, 5.74) is 19.8. The number of pyridine rings is 1. The molecule has 0 fully saturated rings. The quantitative estimate of drug-likeness (QED) is 0.0508. The first-order valence-electron chi connectivity index (χ1n) is 17.1. The van der Waals surface area contributed by atoms with Gasteiger partial charge in [-0.15, -0.1) is 0 Å². The normalized spacial score (nSPS) is 10.4. The van der Waals surface area contributed by atoms with Crippen LogP contribution in [0.2, 0.25) is 5.02 Å². The lowest BCUT2D eigenvalue weighted by atomic mass is 9.97. The van der Waals surface area contributed by atoms with Gasteiger partial charge in [-0.3, -0.25) is 9.59 Å². The summed E-state index contributed by atoms with van der Waals surface area (Å²) in [4.78, 5) is 31.4. The summed E-state index contributed by atoms with van der Waals surface area (Å²) in [6, 6.07) is 18.5. The highest BCUT2D eigenvalue weighted by atomic mass is 35.5. The zero-order valence-corrected chi connectivity index (χ0v) is 31.2. The summed E-state index contributed by atoms with van der Waals surface area (Å²) in [7, 11) is 1.57. The number of anilines is 1. The number of unbranched alkanes of at least 4 members (excludes halogenated alkanes) is 4. The lowest BCUT2D eigenvalue weighted by molar-refractivity contribution is -0.152. The monoisotopic (exact) mass is 761 g/mol. The molecule has 0 aliphatic rings. The Hall–Kier alpha value is -5.12. The molecular weight excluding hydrogens is 718 g/mol. The Labute approximate surface area is 318 Å². The van der Waals surface area contributed by atoms with Gasteiger partial charge >= 0.3 is 11.9 Å². The molecular formula is C38H44ClN7O6S. The number of nitriles is 2. The summed E-state index contributed by atoms with van der Waals surface area (Å²) < 4.78 is 20.7. The van der Waals surface area contributed by atoms with E-state index in [1.807, 2.05) is 12.1 Å². The standard InChI is InChI=1S/C24H16ClN5O2S.C14H28N2O4/c1-31-18-8-4-14(5-9-18)21-19(10-26)22(28)30-24(20(21)11-27)33-13-17-12-32-23(29-17)15-2-6-16(25)7-3-15;15-9-5-1-3-7-13(17)19-11-12-20-14(18)8-4-2-6-10-16/h2-9,12H,13H2,1H3,(H2,28,30);1-12,15-16H2. The summed E-state index contributed by atoms with van der Waals surface area (Å²) in [5.74, 6) is 1.09. The summed E-state index contributed by atoms with van der Waals surface area (Å²) in [6.07, 6.45) is 7.64. The molecule has 53 heavy (non-hydrogen) atoms. The van der Waals surface area contributed by atoms with E-state index >= 15 is 0 Å². The largest absolute Gasteiger partial charge is 0.497 e. The summed E-state index contributed by atoms with van der Waals surface area (Å²) in [5, 5.41) is 20.6. The Balaban J connectivity index is 0.000000327. The van der Waals surface area contributed by atoms with Gasteiger partial charge < -0.3 is 35.8 Å². The number of hydrogen-bond donors (Lipinski definition) is 3. The van der Waals surface area contributed by atoms with Crippen LogP contribution in [-0.2, 0) is 24.8 Å². The van der Waals surface area contributed by atoms with Gasteiger partial charge in [-0.05, 0) is 80.7 Å². The van der Waals surface area contributed by atoms with Gasteiger partial charge in [-0.2, -0.15) is 10.5 Å². The lowest BCUT2D eigenvalue weighted by Gasteiger charge is -2.13. The van der Waals surface area contributed by atoms with Gasteiger partial charge in [0.25, 0.3) is 0 Å². The van der Waals surface area contributed by atoms with E-state index in [9.17, 15) is 20.1 Å². The van der Waals surface area contributed by atoms with Crippen LogP contribution in [0.1, 0.15) is 68.2 Å². The molecule has 0 bridgehead atoms. The Bertz CT molecular complexity index is 1810. The second kappa shape index (κ2) is 23.4. The number of carbonyl (C=O) groups excluding carboxylic acids is 2. The maximum atomic E-state index is 11.3. The van der Waals surface area contributed by atoms with E-state index in [1.54, 1.807) is 49.8 Å². The number of methoxy groups -OCH3 is 1. The molecule has 0 saturated carbocycles. The van der Waals surface area contributed by atoms with E-state index in [1.165, 1.54) is 11.8 Å². The van der Waals surface area contributed by atoms with Crippen LogP contribution in [0.25, 0.3) is 22.6 Å². The van der Waals surface area contributed by atoms with Crippen LogP contribution in [-0.4, -0.2) is 55.3 Å². The predicted molar refractivity (Wildman–Crippen MR) is 204 cm³/mol. The SMILES string of the molecule is COc1ccc(-c2c(C#N)c(N)nc(SCc3coc(-c4ccc(Cl)cc4)n3)c2C#N)cc1.NCCCCCC(=O)OCCOC(=O)CCCCCN. The van der Waals surface area contributed by atoms with Crippen LogP contribution in [0.3, 0.4) is 0 Å². The van der Waals surface area contributed by atoms with Crippen LogP contribution in [0.4, 0.5) is 5.82 Å². The molecule has 15 heteroatoms. The molecule has 2 aromatic carbocycles. The summed E-state index contributed by atoms with van der Waals surface area (Å²) >= 11 is 7.23. The maximum absolute atomic E-state index is 11.3. The van der Waals surface area contributed by atoms with Gasteiger partial charge in [0.05, 0.1) is 18.4 Å². The molecule has 6 N–H and O–H groups in total. The molecule has 0 aliphatic heterocycles. The van der Waals surface area contributed by atoms with Gasteiger partial charge in [-0.1, -0.05) is 48.3 Å². The molecule has 4 aromatic rings. The molecule has 0 amide bonds. The molecule has 0 atom stereocenters. The number of aromatic nitrogens is 2. The molecule has 0 aliphatic carbocycles. The number of nitrogen functional groups attached to an aromatic ring is 1. The van der Waals surface area contributed by atoms with E-state index in [0.717, 1.165) is 44.1 Å². The van der Waals surface area contributed by atoms with Crippen molar-refractivity contribution in [3.63, 3.8) is 0 Å². The number of thioether (sulfide) groups is 1. The van der Waals surface area contributed by atoms with Gasteiger partial charge in [0, 0.05) is 34.7 Å². The Morgan fingerprint density at radius 2 is 1.38 bits per heavy atom. The fourth-order valence-electron chi connectivity index (χ4n) is 4.83. The van der Waals surface area contributed by atoms with Crippen molar-refractivity contribution >= 4 is 41.1 Å². The fraction of sp³-hybridized carbons (Fsp3) is 0.368. The number of rotatable bonds is 19. The van der Waals surface area contributed by atoms with Gasteiger partial charge in [0.1, 0.15) is 53.8 Å². The van der Waals surface area contributed by atoms with Crippen molar-refractivity contribution < 1.29 is 28.2 Å².